The molecule has 3 saturated heterocycles. The van der Waals surface area contributed by atoms with Crippen molar-refractivity contribution in [2.45, 2.75) is 72.4 Å². The van der Waals surface area contributed by atoms with Gasteiger partial charge in [-0.25, -0.2) is 4.79 Å². The summed E-state index contributed by atoms with van der Waals surface area (Å²) in [5.41, 5.74) is -0.0391. The number of hydrogen-bond acceptors (Lipinski definition) is 5. The molecule has 0 aromatic carbocycles. The van der Waals surface area contributed by atoms with Gasteiger partial charge in [-0.05, 0) is 66.2 Å². The summed E-state index contributed by atoms with van der Waals surface area (Å²) in [4.78, 5) is 35.2. The topological polar surface area (TPSA) is 62.4 Å². The first kappa shape index (κ1) is 28.9. The highest BCUT2D eigenvalue weighted by atomic mass is 16.2. The van der Waals surface area contributed by atoms with E-state index in [1.807, 2.05) is 30.6 Å². The lowest BCUT2D eigenvalue weighted by Gasteiger charge is -2.42. The Morgan fingerprint density at radius 1 is 0.706 bits per heavy atom. The van der Waals surface area contributed by atoms with Gasteiger partial charge >= 0.3 is 6.03 Å². The average Bonchev–Trinajstić information content (AvgIpc) is 2.73. The Labute approximate surface area is 209 Å². The fourth-order valence-electron chi connectivity index (χ4n) is 4.67. The van der Waals surface area contributed by atoms with Gasteiger partial charge in [0.05, 0.1) is 0 Å². The van der Waals surface area contributed by atoms with E-state index in [2.05, 4.69) is 54.9 Å². The molecule has 0 saturated carbocycles. The smallest absolute Gasteiger partial charge is 0.317 e. The Morgan fingerprint density at radius 2 is 1.18 bits per heavy atom. The molecule has 1 N–H and O–H groups in total. The maximum atomic E-state index is 12.1. The number of nitrogens with one attached hydrogen (secondary N) is 1. The summed E-state index contributed by atoms with van der Waals surface area (Å²) >= 11 is 0. The second kappa shape index (κ2) is 12.5. The molecule has 0 spiro atoms. The van der Waals surface area contributed by atoms with Crippen LogP contribution in [0.4, 0.5) is 4.79 Å². The third-order valence-electron chi connectivity index (χ3n) is 6.83. The molecule has 3 amide bonds. The molecule has 198 valence electrons. The van der Waals surface area contributed by atoms with Crippen molar-refractivity contribution in [1.82, 2.24) is 29.8 Å². The van der Waals surface area contributed by atoms with E-state index in [0.29, 0.717) is 12.3 Å². The number of piperidine rings is 1. The van der Waals surface area contributed by atoms with E-state index in [-0.39, 0.29) is 17.0 Å². The number of rotatable bonds is 2. The fraction of sp³-hybridized carbons (Fsp3) is 0.923. The number of piperazine rings is 2. The van der Waals surface area contributed by atoms with Crippen LogP contribution in [0.5, 0.6) is 0 Å². The molecular formula is C26H52N6O2. The molecule has 34 heavy (non-hydrogen) atoms. The molecule has 0 aromatic heterocycles. The van der Waals surface area contributed by atoms with Crippen molar-refractivity contribution in [2.24, 2.45) is 5.41 Å². The molecule has 3 heterocycles. The molecule has 0 unspecified atom stereocenters. The van der Waals surface area contributed by atoms with Crippen molar-refractivity contribution in [2.75, 3.05) is 79.5 Å². The summed E-state index contributed by atoms with van der Waals surface area (Å²) in [6, 6.07) is 0.805. The predicted octanol–water partition coefficient (Wildman–Crippen LogP) is 2.40. The number of likely N-dealkylation sites (N-methyl/N-ethyl adjacent to an activating group) is 1. The quantitative estimate of drug-likeness (QED) is 0.658. The van der Waals surface area contributed by atoms with E-state index in [4.69, 9.17) is 0 Å². The van der Waals surface area contributed by atoms with Crippen LogP contribution in [0.3, 0.4) is 0 Å². The number of nitrogens with zero attached hydrogens (tertiary/aromatic N) is 5. The summed E-state index contributed by atoms with van der Waals surface area (Å²) in [6.45, 7) is 22.4. The van der Waals surface area contributed by atoms with E-state index in [1.54, 1.807) is 0 Å². The van der Waals surface area contributed by atoms with Gasteiger partial charge in [-0.1, -0.05) is 20.8 Å². The summed E-state index contributed by atoms with van der Waals surface area (Å²) in [7, 11) is 4.30. The van der Waals surface area contributed by atoms with Crippen LogP contribution in [0.25, 0.3) is 0 Å². The summed E-state index contributed by atoms with van der Waals surface area (Å²) in [6.07, 6.45) is 3.20. The van der Waals surface area contributed by atoms with E-state index in [9.17, 15) is 9.59 Å². The van der Waals surface area contributed by atoms with Gasteiger partial charge in [0.25, 0.3) is 0 Å². The normalized spacial score (nSPS) is 22.2. The van der Waals surface area contributed by atoms with E-state index in [1.165, 1.54) is 25.9 Å². The van der Waals surface area contributed by atoms with Crippen LogP contribution >= 0.6 is 0 Å². The van der Waals surface area contributed by atoms with Crippen LogP contribution in [0.1, 0.15) is 60.8 Å². The molecule has 0 radical (unpaired) electrons. The molecule has 8 heteroatoms. The lowest BCUT2D eigenvalue weighted by molar-refractivity contribution is -0.134. The summed E-state index contributed by atoms with van der Waals surface area (Å²) in [5.74, 6) is 0.311. The molecular weight excluding hydrogens is 428 g/mol. The number of likely N-dealkylation sites (tertiary alicyclic amines) is 1. The Hall–Kier alpha value is -1.38. The lowest BCUT2D eigenvalue weighted by Crippen LogP contribution is -2.57. The zero-order chi connectivity index (χ0) is 25.5. The largest absolute Gasteiger partial charge is 0.340 e. The average molecular weight is 481 g/mol. The SMILES string of the molecule is CN1CCC(N2CCN(C(=O)NC(C)(C)C)CC2)CC1.CN1CCN(C(=O)CC(C)(C)C)CC1. The van der Waals surface area contributed by atoms with Crippen molar-refractivity contribution in [3.8, 4) is 0 Å². The highest BCUT2D eigenvalue weighted by Crippen LogP contribution is 2.20. The second-order valence-corrected chi connectivity index (χ2v) is 12.7. The first-order chi connectivity index (χ1) is 15.7. The van der Waals surface area contributed by atoms with Crippen LogP contribution in [-0.4, -0.2) is 128 Å². The van der Waals surface area contributed by atoms with Crippen molar-refractivity contribution in [1.29, 1.82) is 0 Å². The molecule has 8 nitrogen and oxygen atoms in total. The van der Waals surface area contributed by atoms with Crippen LogP contribution in [0.2, 0.25) is 0 Å². The Morgan fingerprint density at radius 3 is 1.65 bits per heavy atom. The van der Waals surface area contributed by atoms with Gasteiger partial charge < -0.3 is 24.9 Å². The minimum atomic E-state index is -0.151. The van der Waals surface area contributed by atoms with Crippen molar-refractivity contribution in [3.63, 3.8) is 0 Å². The van der Waals surface area contributed by atoms with Gasteiger partial charge in [-0.2, -0.15) is 0 Å². The van der Waals surface area contributed by atoms with Gasteiger partial charge in [0, 0.05) is 70.4 Å². The molecule has 0 atom stereocenters. The van der Waals surface area contributed by atoms with Crippen LogP contribution in [-0.2, 0) is 4.79 Å². The fourth-order valence-corrected chi connectivity index (χ4v) is 4.67. The standard InChI is InChI=1S/C15H30N4O.C11H22N2O/c1-15(2,3)16-14(20)19-11-9-18(10-12-19)13-5-7-17(4)8-6-13;1-11(2,3)9-10(14)13-7-5-12(4)6-8-13/h13H,5-12H2,1-4H3,(H,16,20);5-9H2,1-4H3. The number of carbonyl (C=O) groups is 2. The van der Waals surface area contributed by atoms with E-state index < -0.39 is 0 Å². The van der Waals surface area contributed by atoms with Gasteiger partial charge in [-0.3, -0.25) is 9.69 Å². The monoisotopic (exact) mass is 480 g/mol. The second-order valence-electron chi connectivity index (χ2n) is 12.7. The predicted molar refractivity (Wildman–Crippen MR) is 140 cm³/mol. The van der Waals surface area contributed by atoms with Crippen molar-refractivity contribution < 1.29 is 9.59 Å². The number of carbonyl (C=O) groups excluding carboxylic acids is 2. The first-order valence-electron chi connectivity index (χ1n) is 13.2. The summed E-state index contributed by atoms with van der Waals surface area (Å²) < 4.78 is 0. The minimum Gasteiger partial charge on any atom is -0.340 e. The third kappa shape index (κ3) is 10.5. The highest BCUT2D eigenvalue weighted by Gasteiger charge is 2.29. The van der Waals surface area contributed by atoms with E-state index in [0.717, 1.165) is 58.4 Å². The van der Waals surface area contributed by atoms with Crippen LogP contribution in [0, 0.1) is 5.41 Å². The molecule has 3 aliphatic rings. The molecule has 0 bridgehead atoms. The van der Waals surface area contributed by atoms with Gasteiger partial charge in [0.1, 0.15) is 0 Å². The zero-order valence-corrected chi connectivity index (χ0v) is 23.3. The van der Waals surface area contributed by atoms with Crippen LogP contribution in [0.15, 0.2) is 0 Å². The number of hydrogen-bond donors (Lipinski definition) is 1. The van der Waals surface area contributed by atoms with E-state index >= 15 is 0 Å². The van der Waals surface area contributed by atoms with Gasteiger partial charge in [0.15, 0.2) is 0 Å². The molecule has 0 aromatic rings. The highest BCUT2D eigenvalue weighted by molar-refractivity contribution is 5.77. The summed E-state index contributed by atoms with van der Waals surface area (Å²) in [5, 5.41) is 3.05. The van der Waals surface area contributed by atoms with Crippen molar-refractivity contribution >= 4 is 11.9 Å². The molecule has 0 aliphatic carbocycles. The van der Waals surface area contributed by atoms with Crippen LogP contribution < -0.4 is 5.32 Å². The Kier molecular flexibility index (Phi) is 10.6. The van der Waals surface area contributed by atoms with Crippen molar-refractivity contribution in [3.05, 3.63) is 0 Å². The minimum absolute atomic E-state index is 0.0838. The lowest BCUT2D eigenvalue weighted by atomic mass is 9.91. The Balaban J connectivity index is 0.000000257. The molecule has 3 rings (SSSR count). The number of amides is 3. The maximum Gasteiger partial charge on any atom is 0.317 e. The Bertz CT molecular complexity index is 633. The number of urea groups is 1. The van der Waals surface area contributed by atoms with Gasteiger partial charge in [0.2, 0.25) is 5.91 Å². The first-order valence-corrected chi connectivity index (χ1v) is 13.2. The third-order valence-corrected chi connectivity index (χ3v) is 6.83. The molecule has 3 aliphatic heterocycles. The zero-order valence-electron chi connectivity index (χ0n) is 23.3. The molecule has 3 fully saturated rings. The van der Waals surface area contributed by atoms with Gasteiger partial charge in [-0.15, -0.1) is 0 Å². The maximum absolute atomic E-state index is 12.1.